The van der Waals surface area contributed by atoms with Gasteiger partial charge in [-0.2, -0.15) is 0 Å². The molecule has 0 aromatic carbocycles. The Kier molecular flexibility index (Phi) is 4.79. The lowest BCUT2D eigenvalue weighted by molar-refractivity contribution is 0.521. The second-order valence-corrected chi connectivity index (χ2v) is 4.40. The fourth-order valence-electron chi connectivity index (χ4n) is 1.88. The van der Waals surface area contributed by atoms with Crippen molar-refractivity contribution in [3.8, 4) is 0 Å². The van der Waals surface area contributed by atoms with Crippen molar-refractivity contribution in [3.63, 3.8) is 0 Å². The predicted molar refractivity (Wildman–Crippen MR) is 63.0 cm³/mol. The zero-order valence-corrected chi connectivity index (χ0v) is 10.5. The van der Waals surface area contributed by atoms with Gasteiger partial charge in [0.2, 0.25) is 0 Å². The van der Waals surface area contributed by atoms with E-state index in [1.165, 1.54) is 24.2 Å². The molecule has 1 rings (SSSR count). The van der Waals surface area contributed by atoms with E-state index in [-0.39, 0.29) is 0 Å². The molecule has 0 amide bonds. The van der Waals surface area contributed by atoms with Crippen LogP contribution in [0.1, 0.15) is 64.3 Å². The van der Waals surface area contributed by atoms with Crippen LogP contribution in [-0.2, 0) is 13.0 Å². The van der Waals surface area contributed by atoms with Crippen LogP contribution in [0.3, 0.4) is 0 Å². The molecule has 86 valence electrons. The van der Waals surface area contributed by atoms with Crippen molar-refractivity contribution in [2.75, 3.05) is 0 Å². The molecule has 0 unspecified atom stereocenters. The number of aromatic nitrogens is 3. The molecular weight excluding hydrogens is 186 g/mol. The molecule has 0 radical (unpaired) electrons. The Morgan fingerprint density at radius 3 is 2.47 bits per heavy atom. The standard InChI is InChI=1S/C12H23N3/c1-5-7-9-15-12(10(3)4)11(8-6-2)13-14-15/h10H,5-9H2,1-4H3. The van der Waals surface area contributed by atoms with E-state index in [2.05, 4.69) is 42.7 Å². The van der Waals surface area contributed by atoms with E-state index >= 15 is 0 Å². The van der Waals surface area contributed by atoms with Gasteiger partial charge >= 0.3 is 0 Å². The average Bonchev–Trinajstić information content (AvgIpc) is 2.58. The molecule has 0 N–H and O–H groups in total. The highest BCUT2D eigenvalue weighted by atomic mass is 15.4. The van der Waals surface area contributed by atoms with E-state index in [0.29, 0.717) is 5.92 Å². The van der Waals surface area contributed by atoms with Crippen LogP contribution in [0, 0.1) is 0 Å². The topological polar surface area (TPSA) is 30.7 Å². The fourth-order valence-corrected chi connectivity index (χ4v) is 1.88. The van der Waals surface area contributed by atoms with Crippen LogP contribution >= 0.6 is 0 Å². The Morgan fingerprint density at radius 2 is 1.93 bits per heavy atom. The lowest BCUT2D eigenvalue weighted by Gasteiger charge is -2.10. The SMILES string of the molecule is CCCCn1nnc(CCC)c1C(C)C. The van der Waals surface area contributed by atoms with Gasteiger partial charge in [0.25, 0.3) is 0 Å². The maximum atomic E-state index is 4.29. The van der Waals surface area contributed by atoms with E-state index in [0.717, 1.165) is 19.4 Å². The molecule has 0 aliphatic carbocycles. The zero-order chi connectivity index (χ0) is 11.3. The van der Waals surface area contributed by atoms with Gasteiger partial charge in [-0.05, 0) is 18.8 Å². The molecule has 0 saturated heterocycles. The molecule has 1 heterocycles. The van der Waals surface area contributed by atoms with Gasteiger partial charge in [-0.3, -0.25) is 0 Å². The van der Waals surface area contributed by atoms with Crippen molar-refractivity contribution < 1.29 is 0 Å². The maximum Gasteiger partial charge on any atom is 0.0861 e. The quantitative estimate of drug-likeness (QED) is 0.720. The molecule has 0 atom stereocenters. The number of rotatable bonds is 6. The maximum absolute atomic E-state index is 4.29. The van der Waals surface area contributed by atoms with Gasteiger partial charge in [0.1, 0.15) is 0 Å². The Morgan fingerprint density at radius 1 is 1.20 bits per heavy atom. The fraction of sp³-hybridized carbons (Fsp3) is 0.833. The van der Waals surface area contributed by atoms with Crippen molar-refractivity contribution in [2.24, 2.45) is 0 Å². The Bertz CT molecular complexity index is 289. The first-order chi connectivity index (χ1) is 7.20. The van der Waals surface area contributed by atoms with Crippen molar-refractivity contribution in [1.29, 1.82) is 0 Å². The zero-order valence-electron chi connectivity index (χ0n) is 10.5. The van der Waals surface area contributed by atoms with Crippen LogP contribution in [0.5, 0.6) is 0 Å². The minimum atomic E-state index is 0.526. The second kappa shape index (κ2) is 5.89. The first-order valence-corrected chi connectivity index (χ1v) is 6.12. The van der Waals surface area contributed by atoms with Crippen molar-refractivity contribution in [1.82, 2.24) is 15.0 Å². The van der Waals surface area contributed by atoms with Gasteiger partial charge < -0.3 is 0 Å². The summed E-state index contributed by atoms with van der Waals surface area (Å²) >= 11 is 0. The lowest BCUT2D eigenvalue weighted by Crippen LogP contribution is -2.07. The summed E-state index contributed by atoms with van der Waals surface area (Å²) in [5.74, 6) is 0.526. The van der Waals surface area contributed by atoms with Gasteiger partial charge in [-0.25, -0.2) is 4.68 Å². The normalized spacial score (nSPS) is 11.3. The highest BCUT2D eigenvalue weighted by Crippen LogP contribution is 2.19. The summed E-state index contributed by atoms with van der Waals surface area (Å²) in [6.45, 7) is 9.86. The first-order valence-electron chi connectivity index (χ1n) is 6.12. The second-order valence-electron chi connectivity index (χ2n) is 4.40. The molecule has 0 aliphatic heterocycles. The third kappa shape index (κ3) is 3.05. The van der Waals surface area contributed by atoms with Crippen LogP contribution in [0.15, 0.2) is 0 Å². The lowest BCUT2D eigenvalue weighted by atomic mass is 10.1. The molecule has 0 spiro atoms. The number of unbranched alkanes of at least 4 members (excludes halogenated alkanes) is 1. The molecular formula is C12H23N3. The van der Waals surface area contributed by atoms with Crippen LogP contribution in [-0.4, -0.2) is 15.0 Å². The van der Waals surface area contributed by atoms with Crippen molar-refractivity contribution in [3.05, 3.63) is 11.4 Å². The van der Waals surface area contributed by atoms with Crippen LogP contribution in [0.4, 0.5) is 0 Å². The third-order valence-corrected chi connectivity index (χ3v) is 2.60. The predicted octanol–water partition coefficient (Wildman–Crippen LogP) is 3.15. The van der Waals surface area contributed by atoms with Crippen LogP contribution in [0.25, 0.3) is 0 Å². The van der Waals surface area contributed by atoms with Gasteiger partial charge in [0, 0.05) is 6.54 Å². The van der Waals surface area contributed by atoms with Gasteiger partial charge in [-0.15, -0.1) is 5.10 Å². The summed E-state index contributed by atoms with van der Waals surface area (Å²) < 4.78 is 2.10. The van der Waals surface area contributed by atoms with E-state index in [4.69, 9.17) is 0 Å². The first kappa shape index (κ1) is 12.2. The number of hydrogen-bond donors (Lipinski definition) is 0. The summed E-state index contributed by atoms with van der Waals surface area (Å²) in [4.78, 5) is 0. The van der Waals surface area contributed by atoms with E-state index in [1.54, 1.807) is 0 Å². The minimum Gasteiger partial charge on any atom is -0.249 e. The molecule has 0 bridgehead atoms. The largest absolute Gasteiger partial charge is 0.249 e. The summed E-state index contributed by atoms with van der Waals surface area (Å²) in [6, 6.07) is 0. The smallest absolute Gasteiger partial charge is 0.0861 e. The van der Waals surface area contributed by atoms with Crippen molar-refractivity contribution >= 4 is 0 Å². The monoisotopic (exact) mass is 209 g/mol. The van der Waals surface area contributed by atoms with Crippen LogP contribution < -0.4 is 0 Å². The van der Waals surface area contributed by atoms with Crippen molar-refractivity contribution in [2.45, 2.75) is 65.8 Å². The molecule has 0 aliphatic rings. The van der Waals surface area contributed by atoms with Gasteiger partial charge in [-0.1, -0.05) is 45.7 Å². The van der Waals surface area contributed by atoms with E-state index in [9.17, 15) is 0 Å². The molecule has 0 fully saturated rings. The van der Waals surface area contributed by atoms with Gasteiger partial charge in [0.15, 0.2) is 0 Å². The summed E-state index contributed by atoms with van der Waals surface area (Å²) in [5.41, 5.74) is 2.54. The number of hydrogen-bond acceptors (Lipinski definition) is 2. The third-order valence-electron chi connectivity index (χ3n) is 2.60. The van der Waals surface area contributed by atoms with Gasteiger partial charge in [0.05, 0.1) is 11.4 Å². The average molecular weight is 209 g/mol. The molecule has 0 saturated carbocycles. The Hall–Kier alpha value is -0.860. The number of nitrogens with zero attached hydrogens (tertiary/aromatic N) is 3. The van der Waals surface area contributed by atoms with Crippen LogP contribution in [0.2, 0.25) is 0 Å². The highest BCUT2D eigenvalue weighted by molar-refractivity contribution is 5.14. The minimum absolute atomic E-state index is 0.526. The highest BCUT2D eigenvalue weighted by Gasteiger charge is 2.14. The molecule has 3 nitrogen and oxygen atoms in total. The summed E-state index contributed by atoms with van der Waals surface area (Å²) in [6.07, 6.45) is 4.60. The molecule has 1 aromatic heterocycles. The Balaban J connectivity index is 2.85. The van der Waals surface area contributed by atoms with E-state index in [1.807, 2.05) is 0 Å². The molecule has 1 aromatic rings. The number of aryl methyl sites for hydroxylation is 2. The summed E-state index contributed by atoms with van der Waals surface area (Å²) in [7, 11) is 0. The van der Waals surface area contributed by atoms with E-state index < -0.39 is 0 Å². The Labute approximate surface area is 92.9 Å². The molecule has 3 heteroatoms. The molecule has 15 heavy (non-hydrogen) atoms. The summed E-state index contributed by atoms with van der Waals surface area (Å²) in [5, 5.41) is 8.55.